The van der Waals surface area contributed by atoms with Gasteiger partial charge in [-0.25, -0.2) is 0 Å². The summed E-state index contributed by atoms with van der Waals surface area (Å²) in [5, 5.41) is 10.0. The van der Waals surface area contributed by atoms with Crippen molar-refractivity contribution in [2.75, 3.05) is 4.90 Å². The van der Waals surface area contributed by atoms with Gasteiger partial charge < -0.3 is 9.47 Å². The van der Waals surface area contributed by atoms with E-state index in [4.69, 9.17) is 0 Å². The fourth-order valence-electron chi connectivity index (χ4n) is 10.1. The highest BCUT2D eigenvalue weighted by Crippen LogP contribution is 2.48. The first kappa shape index (κ1) is 37.3. The number of anilines is 3. The Bertz CT molecular complexity index is 3800. The summed E-state index contributed by atoms with van der Waals surface area (Å²) < 4.78 is 5.02. The first-order chi connectivity index (χ1) is 32.2. The van der Waals surface area contributed by atoms with Crippen molar-refractivity contribution in [2.45, 2.75) is 0 Å². The van der Waals surface area contributed by atoms with Crippen molar-refractivity contribution in [1.29, 1.82) is 0 Å². The minimum atomic E-state index is 1.08. The second-order valence-corrected chi connectivity index (χ2v) is 18.0. The number of hydrogen-bond acceptors (Lipinski definition) is 2. The van der Waals surface area contributed by atoms with E-state index in [2.05, 4.69) is 252 Å². The van der Waals surface area contributed by atoms with Gasteiger partial charge in [-0.15, -0.1) is 11.3 Å². The zero-order chi connectivity index (χ0) is 42.8. The number of rotatable bonds is 7. The van der Waals surface area contributed by atoms with Gasteiger partial charge >= 0.3 is 0 Å². The quantitative estimate of drug-likeness (QED) is 0.155. The molecule has 0 aliphatic heterocycles. The normalized spacial score (nSPS) is 11.7. The van der Waals surface area contributed by atoms with Crippen LogP contribution in [0.3, 0.4) is 0 Å². The Morgan fingerprint density at radius 1 is 0.308 bits per heavy atom. The Morgan fingerprint density at radius 3 is 1.49 bits per heavy atom. The average molecular weight is 845 g/mol. The Kier molecular flexibility index (Phi) is 8.75. The summed E-state index contributed by atoms with van der Waals surface area (Å²) in [5.74, 6) is 0. The molecule has 0 spiro atoms. The van der Waals surface area contributed by atoms with Crippen LogP contribution in [0, 0.1) is 0 Å². The van der Waals surface area contributed by atoms with Crippen molar-refractivity contribution in [3.05, 3.63) is 243 Å². The van der Waals surface area contributed by atoms with Gasteiger partial charge in [0, 0.05) is 53.6 Å². The van der Waals surface area contributed by atoms with Gasteiger partial charge in [-0.1, -0.05) is 176 Å². The zero-order valence-electron chi connectivity index (χ0n) is 35.4. The van der Waals surface area contributed by atoms with Crippen molar-refractivity contribution < 1.29 is 0 Å². The molecular formula is C62H40N2S. The van der Waals surface area contributed by atoms with Crippen LogP contribution in [-0.2, 0) is 0 Å². The van der Waals surface area contributed by atoms with Gasteiger partial charge in [0.25, 0.3) is 0 Å². The number of nitrogens with zero attached hydrogens (tertiary/aromatic N) is 2. The smallest absolute Gasteiger partial charge is 0.0562 e. The molecule has 2 nitrogen and oxygen atoms in total. The van der Waals surface area contributed by atoms with Crippen molar-refractivity contribution in [3.63, 3.8) is 0 Å². The molecule has 2 aromatic heterocycles. The number of benzene rings is 11. The lowest BCUT2D eigenvalue weighted by Crippen LogP contribution is -2.11. The summed E-state index contributed by atoms with van der Waals surface area (Å²) in [6, 6.07) is 89.2. The topological polar surface area (TPSA) is 8.17 Å². The molecule has 0 bridgehead atoms. The number of thiophene rings is 1. The predicted molar refractivity (Wildman–Crippen MR) is 280 cm³/mol. The average Bonchev–Trinajstić information content (AvgIpc) is 3.91. The van der Waals surface area contributed by atoms with Crippen LogP contribution in [0.1, 0.15) is 0 Å². The van der Waals surface area contributed by atoms with E-state index in [1.807, 2.05) is 11.3 Å². The second-order valence-electron chi connectivity index (χ2n) is 16.9. The Labute approximate surface area is 381 Å². The fraction of sp³-hybridized carbons (Fsp3) is 0. The summed E-state index contributed by atoms with van der Waals surface area (Å²) >= 11 is 1.87. The van der Waals surface area contributed by atoms with E-state index in [9.17, 15) is 0 Å². The van der Waals surface area contributed by atoms with Gasteiger partial charge in [-0.3, -0.25) is 0 Å². The first-order valence-corrected chi connectivity index (χ1v) is 23.1. The van der Waals surface area contributed by atoms with E-state index in [1.54, 1.807) is 0 Å². The lowest BCUT2D eigenvalue weighted by molar-refractivity contribution is 1.18. The maximum atomic E-state index is 2.47. The van der Waals surface area contributed by atoms with E-state index in [-0.39, 0.29) is 0 Å². The van der Waals surface area contributed by atoms with Gasteiger partial charge in [0.15, 0.2) is 0 Å². The predicted octanol–water partition coefficient (Wildman–Crippen LogP) is 17.9. The minimum Gasteiger partial charge on any atom is -0.310 e. The van der Waals surface area contributed by atoms with E-state index in [1.165, 1.54) is 91.4 Å². The highest BCUT2D eigenvalue weighted by atomic mass is 32.1. The summed E-state index contributed by atoms with van der Waals surface area (Å²) in [6.45, 7) is 0. The molecule has 13 rings (SSSR count). The van der Waals surface area contributed by atoms with Gasteiger partial charge in [0.2, 0.25) is 0 Å². The molecule has 0 fully saturated rings. The van der Waals surface area contributed by atoms with Gasteiger partial charge in [0.05, 0.1) is 16.7 Å². The molecule has 0 atom stereocenters. The van der Waals surface area contributed by atoms with Crippen LogP contribution in [0.25, 0.3) is 103 Å². The Balaban J connectivity index is 1.08. The molecule has 11 aromatic carbocycles. The molecule has 65 heavy (non-hydrogen) atoms. The van der Waals surface area contributed by atoms with Crippen molar-refractivity contribution in [2.24, 2.45) is 0 Å². The van der Waals surface area contributed by atoms with Crippen LogP contribution in [0.2, 0.25) is 0 Å². The number of fused-ring (bicyclic) bond motifs is 8. The van der Waals surface area contributed by atoms with E-state index in [0.29, 0.717) is 0 Å². The van der Waals surface area contributed by atoms with E-state index in [0.717, 1.165) is 28.3 Å². The summed E-state index contributed by atoms with van der Waals surface area (Å²) in [7, 11) is 0. The molecule has 0 saturated heterocycles. The molecule has 0 aliphatic carbocycles. The highest BCUT2D eigenvalue weighted by Gasteiger charge is 2.23. The third-order valence-electron chi connectivity index (χ3n) is 13.2. The lowest BCUT2D eigenvalue weighted by Gasteiger charge is -2.29. The molecule has 2 heterocycles. The summed E-state index contributed by atoms with van der Waals surface area (Å²) in [5.41, 5.74) is 13.9. The fourth-order valence-corrected chi connectivity index (χ4v) is 11.3. The monoisotopic (exact) mass is 844 g/mol. The van der Waals surface area contributed by atoms with E-state index >= 15 is 0 Å². The molecular weight excluding hydrogens is 805 g/mol. The number of aromatic nitrogens is 1. The SMILES string of the molecule is c1ccc(-n2c3ccccc3c3cc(-c4ccc5c(c4)sc4ccccc45)c(N(c4ccc(-c5cccc6ccccc56)cc4)c4ccc(-c5cccc6ccccc56)cc4)cc32)cc1. The van der Waals surface area contributed by atoms with Crippen LogP contribution in [0.5, 0.6) is 0 Å². The van der Waals surface area contributed by atoms with Crippen LogP contribution >= 0.6 is 11.3 Å². The number of hydrogen-bond donors (Lipinski definition) is 0. The van der Waals surface area contributed by atoms with Crippen molar-refractivity contribution >= 4 is 91.9 Å². The maximum absolute atomic E-state index is 2.47. The standard InChI is InChI=1S/C62H40N2S/c1-2-18-46(19-3-1)64-58-26-10-8-22-53(58)57-39-56(45-32-37-55-54-23-9-11-27-61(54)65-62(55)38-45)59(40-60(57)64)63(47-33-28-43(29-34-47)51-24-12-16-41-14-4-6-20-49(41)51)48-35-30-44(31-36-48)52-25-13-17-42-15-5-7-21-50(42)52/h1-40H. The van der Waals surface area contributed by atoms with E-state index < -0.39 is 0 Å². The third-order valence-corrected chi connectivity index (χ3v) is 14.3. The molecule has 0 saturated carbocycles. The van der Waals surface area contributed by atoms with Crippen LogP contribution < -0.4 is 4.90 Å². The largest absolute Gasteiger partial charge is 0.310 e. The molecule has 3 heteroatoms. The van der Waals surface area contributed by atoms with Crippen LogP contribution in [-0.4, -0.2) is 4.57 Å². The minimum absolute atomic E-state index is 1.08. The molecule has 304 valence electrons. The molecule has 0 aliphatic rings. The molecule has 13 aromatic rings. The Morgan fingerprint density at radius 2 is 0.831 bits per heavy atom. The van der Waals surface area contributed by atoms with Gasteiger partial charge in [-0.05, 0) is 116 Å². The van der Waals surface area contributed by atoms with Crippen molar-refractivity contribution in [1.82, 2.24) is 4.57 Å². The second kappa shape index (κ2) is 15.2. The first-order valence-electron chi connectivity index (χ1n) is 22.2. The van der Waals surface area contributed by atoms with Crippen molar-refractivity contribution in [3.8, 4) is 39.1 Å². The molecule has 0 radical (unpaired) electrons. The van der Waals surface area contributed by atoms with Crippen LogP contribution in [0.4, 0.5) is 17.1 Å². The van der Waals surface area contributed by atoms with Gasteiger partial charge in [-0.2, -0.15) is 0 Å². The van der Waals surface area contributed by atoms with Gasteiger partial charge in [0.1, 0.15) is 0 Å². The summed E-state index contributed by atoms with van der Waals surface area (Å²) in [6.07, 6.45) is 0. The molecule has 0 unspecified atom stereocenters. The number of para-hydroxylation sites is 2. The Hall–Kier alpha value is -8.24. The van der Waals surface area contributed by atoms with Crippen LogP contribution in [0.15, 0.2) is 243 Å². The molecule has 0 amide bonds. The lowest BCUT2D eigenvalue weighted by atomic mass is 9.96. The third kappa shape index (κ3) is 6.24. The molecule has 0 N–H and O–H groups in total. The zero-order valence-corrected chi connectivity index (χ0v) is 36.2. The summed E-state index contributed by atoms with van der Waals surface area (Å²) in [4.78, 5) is 2.47. The highest BCUT2D eigenvalue weighted by molar-refractivity contribution is 7.25. The maximum Gasteiger partial charge on any atom is 0.0562 e.